The second-order valence-electron chi connectivity index (χ2n) is 6.11. The quantitative estimate of drug-likeness (QED) is 0.699. The molecule has 0 bridgehead atoms. The Hall–Kier alpha value is -2.63. The molecule has 2 unspecified atom stereocenters. The molecule has 26 heavy (non-hydrogen) atoms. The number of hydrogen-bond acceptors (Lipinski definition) is 4. The Balaban J connectivity index is 1.75. The van der Waals surface area contributed by atoms with Crippen LogP contribution in [0.5, 0.6) is 0 Å². The summed E-state index contributed by atoms with van der Waals surface area (Å²) < 4.78 is 1.25. The van der Waals surface area contributed by atoms with E-state index in [1.165, 1.54) is 10.9 Å². The third-order valence-electron chi connectivity index (χ3n) is 4.17. The molecule has 3 rings (SSSR count). The van der Waals surface area contributed by atoms with E-state index in [0.29, 0.717) is 17.8 Å². The number of aromatic nitrogens is 2. The van der Waals surface area contributed by atoms with Gasteiger partial charge in [0.15, 0.2) is 0 Å². The van der Waals surface area contributed by atoms with Crippen molar-refractivity contribution in [2.24, 2.45) is 0 Å². The van der Waals surface area contributed by atoms with E-state index < -0.39 is 11.7 Å². The van der Waals surface area contributed by atoms with Crippen molar-refractivity contribution in [3.8, 4) is 5.69 Å². The third-order valence-corrected chi connectivity index (χ3v) is 4.53. The Morgan fingerprint density at radius 2 is 1.73 bits per heavy atom. The number of aliphatic hydroxyl groups is 1. The van der Waals surface area contributed by atoms with Gasteiger partial charge in [-0.25, -0.2) is 0 Å². The van der Waals surface area contributed by atoms with Crippen LogP contribution in [-0.4, -0.2) is 27.0 Å². The average molecular weight is 370 g/mol. The van der Waals surface area contributed by atoms with Crippen molar-refractivity contribution in [1.29, 1.82) is 0 Å². The summed E-state index contributed by atoms with van der Waals surface area (Å²) in [6, 6.07) is 18.5. The van der Waals surface area contributed by atoms with Crippen LogP contribution in [0.2, 0.25) is 5.02 Å². The highest BCUT2D eigenvalue weighted by Gasteiger charge is 2.18. The third kappa shape index (κ3) is 4.12. The summed E-state index contributed by atoms with van der Waals surface area (Å²) in [7, 11) is 0. The van der Waals surface area contributed by atoms with Crippen LogP contribution < -0.4 is 10.9 Å². The Labute approximate surface area is 156 Å². The topological polar surface area (TPSA) is 67.2 Å². The van der Waals surface area contributed by atoms with Crippen molar-refractivity contribution < 1.29 is 5.11 Å². The molecule has 0 saturated carbocycles. The molecule has 0 aliphatic rings. The van der Waals surface area contributed by atoms with Gasteiger partial charge in [-0.2, -0.15) is 9.78 Å². The number of benzene rings is 2. The fourth-order valence-electron chi connectivity index (χ4n) is 2.66. The fraction of sp³-hybridized carbons (Fsp3) is 0.200. The lowest BCUT2D eigenvalue weighted by Gasteiger charge is -2.22. The van der Waals surface area contributed by atoms with Crippen LogP contribution in [0.25, 0.3) is 5.69 Å². The number of rotatable bonds is 6. The van der Waals surface area contributed by atoms with E-state index >= 15 is 0 Å². The van der Waals surface area contributed by atoms with Crippen molar-refractivity contribution in [3.63, 3.8) is 0 Å². The van der Waals surface area contributed by atoms with Crippen LogP contribution in [0, 0.1) is 0 Å². The maximum atomic E-state index is 12.5. The normalized spacial score (nSPS) is 13.2. The predicted octanol–water partition coefficient (Wildman–Crippen LogP) is 3.29. The van der Waals surface area contributed by atoms with Gasteiger partial charge in [0.25, 0.3) is 5.56 Å². The zero-order valence-corrected chi connectivity index (χ0v) is 15.1. The van der Waals surface area contributed by atoms with Crippen LogP contribution in [0.1, 0.15) is 12.5 Å². The van der Waals surface area contributed by atoms with E-state index in [1.807, 2.05) is 55.5 Å². The van der Waals surface area contributed by atoms with Gasteiger partial charge >= 0.3 is 0 Å². The first-order chi connectivity index (χ1) is 12.6. The predicted molar refractivity (Wildman–Crippen MR) is 104 cm³/mol. The SMILES string of the molecule is CC(Nc1cnn(-c2ccccc2)c(=O)c1Cl)C(O)Cc1ccccc1. The molecule has 5 nitrogen and oxygen atoms in total. The molecular weight excluding hydrogens is 350 g/mol. The standard InChI is InChI=1S/C20H20ClN3O2/c1-14(18(25)12-15-8-4-2-5-9-15)23-17-13-22-24(20(26)19(17)21)16-10-6-3-7-11-16/h2-11,13-14,18,23,25H,12H2,1H3. The Morgan fingerprint density at radius 1 is 1.12 bits per heavy atom. The van der Waals surface area contributed by atoms with E-state index in [0.717, 1.165) is 5.56 Å². The van der Waals surface area contributed by atoms with Gasteiger partial charge in [-0.05, 0) is 24.6 Å². The summed E-state index contributed by atoms with van der Waals surface area (Å²) >= 11 is 6.24. The van der Waals surface area contributed by atoms with Gasteiger partial charge in [0.05, 0.1) is 23.7 Å². The number of aliphatic hydroxyl groups excluding tert-OH is 1. The molecule has 6 heteroatoms. The van der Waals surface area contributed by atoms with Gasteiger partial charge in [0.1, 0.15) is 5.02 Å². The van der Waals surface area contributed by atoms with Gasteiger partial charge < -0.3 is 10.4 Å². The summed E-state index contributed by atoms with van der Waals surface area (Å²) in [6.45, 7) is 1.84. The van der Waals surface area contributed by atoms with Crippen molar-refractivity contribution in [2.45, 2.75) is 25.5 Å². The second kappa shape index (κ2) is 8.17. The van der Waals surface area contributed by atoms with Crippen molar-refractivity contribution in [2.75, 3.05) is 5.32 Å². The second-order valence-corrected chi connectivity index (χ2v) is 6.49. The van der Waals surface area contributed by atoms with Crippen LogP contribution in [0.15, 0.2) is 71.7 Å². The van der Waals surface area contributed by atoms with E-state index in [9.17, 15) is 9.90 Å². The van der Waals surface area contributed by atoms with Crippen molar-refractivity contribution in [3.05, 3.63) is 87.8 Å². The molecule has 0 aliphatic carbocycles. The summed E-state index contributed by atoms with van der Waals surface area (Å²) in [5.74, 6) is 0. The molecule has 2 atom stereocenters. The van der Waals surface area contributed by atoms with Gasteiger partial charge in [-0.15, -0.1) is 0 Å². The molecule has 2 N–H and O–H groups in total. The summed E-state index contributed by atoms with van der Waals surface area (Å²) in [4.78, 5) is 12.5. The zero-order valence-electron chi connectivity index (χ0n) is 14.3. The molecular formula is C20H20ClN3O2. The van der Waals surface area contributed by atoms with E-state index in [4.69, 9.17) is 11.6 Å². The fourth-order valence-corrected chi connectivity index (χ4v) is 2.84. The Morgan fingerprint density at radius 3 is 2.38 bits per heavy atom. The number of halogens is 1. The summed E-state index contributed by atoms with van der Waals surface area (Å²) in [6.07, 6.45) is 1.37. The lowest BCUT2D eigenvalue weighted by atomic mass is 10.0. The number of nitrogens with zero attached hydrogens (tertiary/aromatic N) is 2. The van der Waals surface area contributed by atoms with Gasteiger partial charge in [-0.1, -0.05) is 60.1 Å². The number of hydrogen-bond donors (Lipinski definition) is 2. The van der Waals surface area contributed by atoms with E-state index in [2.05, 4.69) is 10.4 Å². The molecule has 3 aromatic rings. The molecule has 1 heterocycles. The number of nitrogens with one attached hydrogen (secondary N) is 1. The van der Waals surface area contributed by atoms with Crippen LogP contribution in [0.3, 0.4) is 0 Å². The van der Waals surface area contributed by atoms with Crippen LogP contribution >= 0.6 is 11.6 Å². The Kier molecular flexibility index (Phi) is 5.71. The van der Waals surface area contributed by atoms with Crippen molar-refractivity contribution in [1.82, 2.24) is 9.78 Å². The highest BCUT2D eigenvalue weighted by molar-refractivity contribution is 6.32. The van der Waals surface area contributed by atoms with E-state index in [-0.39, 0.29) is 11.1 Å². The Bertz CT molecular complexity index is 913. The molecule has 2 aromatic carbocycles. The average Bonchev–Trinajstić information content (AvgIpc) is 2.67. The lowest BCUT2D eigenvalue weighted by Crippen LogP contribution is -2.33. The zero-order chi connectivity index (χ0) is 18.5. The highest BCUT2D eigenvalue weighted by atomic mass is 35.5. The molecule has 0 radical (unpaired) electrons. The first-order valence-electron chi connectivity index (χ1n) is 8.38. The minimum absolute atomic E-state index is 0.0441. The molecule has 134 valence electrons. The maximum Gasteiger partial charge on any atom is 0.292 e. The largest absolute Gasteiger partial charge is 0.391 e. The smallest absolute Gasteiger partial charge is 0.292 e. The first kappa shape index (κ1) is 18.2. The number of para-hydroxylation sites is 1. The summed E-state index contributed by atoms with van der Waals surface area (Å²) in [5, 5.41) is 17.7. The molecule has 0 fully saturated rings. The monoisotopic (exact) mass is 369 g/mol. The van der Waals surface area contributed by atoms with Gasteiger partial charge in [0, 0.05) is 12.5 Å². The summed E-state index contributed by atoms with van der Waals surface area (Å²) in [5.41, 5.74) is 1.68. The van der Waals surface area contributed by atoms with Gasteiger partial charge in [0.2, 0.25) is 0 Å². The van der Waals surface area contributed by atoms with Crippen molar-refractivity contribution >= 4 is 17.3 Å². The minimum atomic E-state index is -0.634. The lowest BCUT2D eigenvalue weighted by molar-refractivity contribution is 0.158. The highest BCUT2D eigenvalue weighted by Crippen LogP contribution is 2.19. The van der Waals surface area contributed by atoms with E-state index in [1.54, 1.807) is 12.1 Å². The maximum absolute atomic E-state index is 12.5. The minimum Gasteiger partial charge on any atom is -0.391 e. The number of anilines is 1. The molecule has 0 aliphatic heterocycles. The molecule has 0 amide bonds. The van der Waals surface area contributed by atoms with Gasteiger partial charge in [-0.3, -0.25) is 4.79 Å². The molecule has 1 aromatic heterocycles. The molecule has 0 spiro atoms. The first-order valence-corrected chi connectivity index (χ1v) is 8.76. The molecule has 0 saturated heterocycles. The van der Waals surface area contributed by atoms with Crippen LogP contribution in [-0.2, 0) is 6.42 Å². The van der Waals surface area contributed by atoms with Crippen LogP contribution in [0.4, 0.5) is 5.69 Å².